The average Bonchev–Trinajstić information content (AvgIpc) is 1.51. The SMILES string of the molecule is c1ccc(-c2ccc(-c3cccc(Nc4ccc5c(c4)C4(c6ccccc6S5)c5ccccc5-c5ccccc54)c3)cc2)cc1.c1ccc(-c2ccc(Nc3ccc4c(c3)C3(c5ccccc5S4)c4ccccc4-c4ccccc43)cc2)cc1.c1ccc(-c2ccccc2-c2ccccc2Nc2ccc3c(c2)C2(c4ccc(-c5ccc6c(c5)c5ccccc5n6-c5ccccc5)cc4O3)c3ccccc3-c3ccccc32)cc1. The number of para-hydroxylation sites is 3. The van der Waals surface area contributed by atoms with Gasteiger partial charge in [0.1, 0.15) is 11.5 Å². The molecule has 0 radical (unpaired) electrons. The predicted octanol–water partition coefficient (Wildman–Crippen LogP) is 37.5. The summed E-state index contributed by atoms with van der Waals surface area (Å²) in [5.41, 5.74) is 46.3. The van der Waals surface area contributed by atoms with Crippen LogP contribution in [-0.2, 0) is 16.2 Å². The molecule has 30 rings (SSSR count). The highest BCUT2D eigenvalue weighted by atomic mass is 32.2. The zero-order valence-corrected chi connectivity index (χ0v) is 82.3. The minimum absolute atomic E-state index is 0.348. The third-order valence-corrected chi connectivity index (χ3v) is 33.2. The first-order valence-electron chi connectivity index (χ1n) is 50.8. The fraction of sp³-hybridized carbons (Fsp3) is 0.0213. The van der Waals surface area contributed by atoms with Crippen molar-refractivity contribution >= 4 is 79.5 Å². The molecule has 0 amide bonds. The largest absolute Gasteiger partial charge is 0.457 e. The van der Waals surface area contributed by atoms with Crippen molar-refractivity contribution < 1.29 is 4.74 Å². The van der Waals surface area contributed by atoms with Gasteiger partial charge in [0.05, 0.1) is 27.3 Å². The number of nitrogens with zero attached hydrogens (tertiary/aromatic N) is 1. The summed E-state index contributed by atoms with van der Waals surface area (Å²) in [6.07, 6.45) is 0. The summed E-state index contributed by atoms with van der Waals surface area (Å²) in [5, 5.41) is 13.8. The standard InChI is InChI=1S/C61H40N2O.C43H29NS.C37H25NS/c1-3-17-40(18-4-1)45-21-7-8-22-46(45)49-25-11-15-29-56(49)62-43-33-36-59-55(39-43)61(52-27-13-9-23-47(52)48-24-10-14-28-53(48)61)54-34-31-42(38-60(54)64-59)41-32-35-58-51(37-41)50-26-12-16-30-57(50)63(58)44-19-5-2-6-20-44;1-2-11-29(12-3-1)30-21-23-31(24-22-30)32-13-10-14-33(27-32)44-34-25-26-42-40(28-34)43(39-19-8-9-20-41(39)45-42)37-17-6-4-15-35(37)36-16-5-7-18-38(36)43;1-2-10-25(11-3-1)26-18-20-27(21-19-26)38-28-22-23-36-34(24-28)37(33-16-8-9-17-35(33)39-36)31-14-6-4-12-29(31)30-13-5-7-15-32(30)37/h1-39,62H;1-28,44H;1-24,38H. The molecule has 7 heteroatoms. The number of ether oxygens (including phenoxy) is 1. The number of benzene rings is 23. The number of anilines is 6. The number of hydrogen-bond acceptors (Lipinski definition) is 6. The molecule has 0 bridgehead atoms. The van der Waals surface area contributed by atoms with Gasteiger partial charge in [0.15, 0.2) is 0 Å². The molecule has 0 saturated heterocycles. The Labute approximate surface area is 869 Å². The zero-order valence-electron chi connectivity index (χ0n) is 80.7. The van der Waals surface area contributed by atoms with Crippen LogP contribution < -0.4 is 20.7 Å². The molecule has 3 aliphatic heterocycles. The van der Waals surface area contributed by atoms with Crippen LogP contribution in [0.4, 0.5) is 34.1 Å². The smallest absolute Gasteiger partial charge is 0.132 e. The van der Waals surface area contributed by atoms with Crippen molar-refractivity contribution in [2.45, 2.75) is 35.8 Å². The van der Waals surface area contributed by atoms with Gasteiger partial charge in [0.2, 0.25) is 0 Å². The van der Waals surface area contributed by atoms with Crippen LogP contribution in [0.5, 0.6) is 11.5 Å². The van der Waals surface area contributed by atoms with E-state index >= 15 is 0 Å². The maximum Gasteiger partial charge on any atom is 0.132 e. The van der Waals surface area contributed by atoms with Crippen molar-refractivity contribution in [3.63, 3.8) is 0 Å². The molecule has 148 heavy (non-hydrogen) atoms. The van der Waals surface area contributed by atoms with Gasteiger partial charge in [-0.15, -0.1) is 0 Å². The van der Waals surface area contributed by atoms with E-state index in [1.54, 1.807) is 0 Å². The number of aromatic nitrogens is 1. The number of hydrogen-bond donors (Lipinski definition) is 3. The summed E-state index contributed by atoms with van der Waals surface area (Å²) in [6, 6.07) is 200. The minimum atomic E-state index is -0.612. The average molecular weight is 1920 g/mol. The third kappa shape index (κ3) is 14.4. The lowest BCUT2D eigenvalue weighted by atomic mass is 9.66. The second kappa shape index (κ2) is 36.3. The van der Waals surface area contributed by atoms with E-state index in [-0.39, 0.29) is 10.8 Å². The van der Waals surface area contributed by atoms with Crippen LogP contribution in [0, 0.1) is 0 Å². The lowest BCUT2D eigenvalue weighted by molar-refractivity contribution is 0.436. The van der Waals surface area contributed by atoms with Gasteiger partial charge in [0, 0.05) is 86.9 Å². The van der Waals surface area contributed by atoms with E-state index in [4.69, 9.17) is 4.74 Å². The van der Waals surface area contributed by atoms with Crippen LogP contribution in [0.3, 0.4) is 0 Å². The molecular formula is C141H94N4OS2. The molecule has 3 spiro atoms. The summed E-state index contributed by atoms with van der Waals surface area (Å²) in [5.74, 6) is 1.72. The Morgan fingerprint density at radius 2 is 0.507 bits per heavy atom. The van der Waals surface area contributed by atoms with Crippen LogP contribution in [0.2, 0.25) is 0 Å². The van der Waals surface area contributed by atoms with Gasteiger partial charge in [-0.25, -0.2) is 0 Å². The molecule has 24 aromatic rings. The Morgan fingerprint density at radius 3 is 1.04 bits per heavy atom. The lowest BCUT2D eigenvalue weighted by Gasteiger charge is -2.40. The van der Waals surface area contributed by atoms with Gasteiger partial charge in [-0.05, 0) is 284 Å². The predicted molar refractivity (Wildman–Crippen MR) is 616 cm³/mol. The Morgan fingerprint density at radius 1 is 0.169 bits per heavy atom. The van der Waals surface area contributed by atoms with Crippen molar-refractivity contribution in [1.29, 1.82) is 0 Å². The fourth-order valence-corrected chi connectivity index (χ4v) is 26.9. The first kappa shape index (κ1) is 87.5. The molecule has 0 atom stereocenters. The van der Waals surface area contributed by atoms with Crippen LogP contribution in [0.15, 0.2) is 572 Å². The van der Waals surface area contributed by atoms with E-state index < -0.39 is 5.41 Å². The summed E-state index contributed by atoms with van der Waals surface area (Å²) in [7, 11) is 0. The molecule has 0 fully saturated rings. The van der Waals surface area contributed by atoms with Crippen LogP contribution >= 0.6 is 23.5 Å². The summed E-state index contributed by atoms with van der Waals surface area (Å²) in [6.45, 7) is 0. The minimum Gasteiger partial charge on any atom is -0.457 e. The molecule has 1 aromatic heterocycles. The van der Waals surface area contributed by atoms with Crippen molar-refractivity contribution in [2.75, 3.05) is 16.0 Å². The van der Waals surface area contributed by atoms with E-state index in [1.165, 1.54) is 180 Å². The van der Waals surface area contributed by atoms with Crippen LogP contribution in [0.25, 0.3) is 128 Å². The second-order valence-corrected chi connectivity index (χ2v) is 41.1. The number of fused-ring (bicyclic) bond motifs is 30. The first-order chi connectivity index (χ1) is 73.3. The first-order valence-corrected chi connectivity index (χ1v) is 52.4. The molecule has 23 aromatic carbocycles. The number of nitrogens with one attached hydrogen (secondary N) is 3. The molecule has 4 heterocycles. The summed E-state index contributed by atoms with van der Waals surface area (Å²) >= 11 is 3.76. The molecule has 3 aliphatic carbocycles. The van der Waals surface area contributed by atoms with Crippen LogP contribution in [0.1, 0.15) is 66.8 Å². The molecular weight excluding hydrogens is 1830 g/mol. The summed E-state index contributed by atoms with van der Waals surface area (Å²) in [4.78, 5) is 5.26. The quantitative estimate of drug-likeness (QED) is 0.107. The highest BCUT2D eigenvalue weighted by Gasteiger charge is 2.54. The van der Waals surface area contributed by atoms with E-state index in [1.807, 2.05) is 23.5 Å². The topological polar surface area (TPSA) is 50.2 Å². The van der Waals surface area contributed by atoms with E-state index in [0.29, 0.717) is 0 Å². The second-order valence-electron chi connectivity index (χ2n) is 38.9. The van der Waals surface area contributed by atoms with Gasteiger partial charge in [0.25, 0.3) is 0 Å². The Bertz CT molecular complexity index is 9220. The Hall–Kier alpha value is -18.2. The number of rotatable bonds is 13. The summed E-state index contributed by atoms with van der Waals surface area (Å²) < 4.78 is 9.47. The Kier molecular flexibility index (Phi) is 21.4. The van der Waals surface area contributed by atoms with Gasteiger partial charge in [-0.2, -0.15) is 0 Å². The maximum atomic E-state index is 7.11. The zero-order chi connectivity index (χ0) is 97.8. The van der Waals surface area contributed by atoms with Crippen molar-refractivity contribution in [2.24, 2.45) is 0 Å². The van der Waals surface area contributed by atoms with Gasteiger partial charge >= 0.3 is 0 Å². The maximum absolute atomic E-state index is 7.11. The van der Waals surface area contributed by atoms with E-state index in [2.05, 4.69) is 573 Å². The van der Waals surface area contributed by atoms with Crippen molar-refractivity contribution in [3.8, 4) is 117 Å². The normalized spacial score (nSPS) is 13.3. The van der Waals surface area contributed by atoms with Gasteiger partial charge < -0.3 is 25.3 Å². The molecule has 6 aliphatic rings. The van der Waals surface area contributed by atoms with Gasteiger partial charge in [-0.3, -0.25) is 0 Å². The highest BCUT2D eigenvalue weighted by molar-refractivity contribution is 7.99. The molecule has 696 valence electrons. The van der Waals surface area contributed by atoms with Gasteiger partial charge in [-0.1, -0.05) is 442 Å². The van der Waals surface area contributed by atoms with E-state index in [0.717, 1.165) is 79.1 Å². The molecule has 3 N–H and O–H groups in total. The lowest BCUT2D eigenvalue weighted by Crippen LogP contribution is -2.32. The van der Waals surface area contributed by atoms with Crippen molar-refractivity contribution in [1.82, 2.24) is 4.57 Å². The third-order valence-electron chi connectivity index (χ3n) is 30.9. The molecule has 0 unspecified atom stereocenters. The van der Waals surface area contributed by atoms with Crippen molar-refractivity contribution in [3.05, 3.63) is 619 Å². The fourth-order valence-electron chi connectivity index (χ4n) is 24.6. The van der Waals surface area contributed by atoms with E-state index in [9.17, 15) is 0 Å². The highest BCUT2D eigenvalue weighted by Crippen LogP contribution is 2.67. The molecule has 5 nitrogen and oxygen atoms in total. The monoisotopic (exact) mass is 1920 g/mol. The molecule has 0 saturated carbocycles. The van der Waals surface area contributed by atoms with Crippen LogP contribution in [-0.4, -0.2) is 4.57 Å². The Balaban J connectivity index is 0.000000111.